The third-order valence-electron chi connectivity index (χ3n) is 2.92. The Morgan fingerprint density at radius 1 is 1.05 bits per heavy atom. The van der Waals surface area contributed by atoms with E-state index in [1.165, 1.54) is 6.07 Å². The fourth-order valence-corrected chi connectivity index (χ4v) is 1.95. The zero-order chi connectivity index (χ0) is 15.3. The van der Waals surface area contributed by atoms with Gasteiger partial charge in [0, 0.05) is 6.54 Å². The van der Waals surface area contributed by atoms with Gasteiger partial charge in [0.2, 0.25) is 0 Å². The first kappa shape index (κ1) is 15.2. The normalized spacial score (nSPS) is 11.2. The fraction of sp³-hybridized carbons (Fsp3) is 0.250. The van der Waals surface area contributed by atoms with Gasteiger partial charge in [-0.1, -0.05) is 24.3 Å². The molecular formula is C16H16F3NO. The molecule has 0 atom stereocenters. The second-order valence-electron chi connectivity index (χ2n) is 4.48. The topological polar surface area (TPSA) is 21.3 Å². The third kappa shape index (κ3) is 4.15. The van der Waals surface area contributed by atoms with Crippen molar-refractivity contribution >= 4 is 5.69 Å². The first-order valence-electron chi connectivity index (χ1n) is 6.62. The van der Waals surface area contributed by atoms with Gasteiger partial charge in [0.05, 0.1) is 17.9 Å². The van der Waals surface area contributed by atoms with Crippen molar-refractivity contribution in [1.29, 1.82) is 0 Å². The smallest absolute Gasteiger partial charge is 0.416 e. The van der Waals surface area contributed by atoms with Crippen LogP contribution >= 0.6 is 0 Å². The molecule has 0 saturated carbocycles. The van der Waals surface area contributed by atoms with Gasteiger partial charge >= 0.3 is 6.18 Å². The third-order valence-corrected chi connectivity index (χ3v) is 2.92. The number of alkyl halides is 3. The van der Waals surface area contributed by atoms with Gasteiger partial charge in [-0.15, -0.1) is 0 Å². The summed E-state index contributed by atoms with van der Waals surface area (Å²) < 4.78 is 43.4. The summed E-state index contributed by atoms with van der Waals surface area (Å²) in [7, 11) is 0. The Morgan fingerprint density at radius 3 is 2.52 bits per heavy atom. The van der Waals surface area contributed by atoms with Crippen LogP contribution < -0.4 is 10.1 Å². The lowest BCUT2D eigenvalue weighted by Gasteiger charge is -2.13. The summed E-state index contributed by atoms with van der Waals surface area (Å²) in [4.78, 5) is 0. The van der Waals surface area contributed by atoms with E-state index in [1.54, 1.807) is 6.07 Å². The average molecular weight is 295 g/mol. The molecule has 0 amide bonds. The maximum absolute atomic E-state index is 12.7. The standard InChI is InChI=1S/C16H16F3NO/c1-2-21-15-9-4-3-8-14(15)20-11-12-6-5-7-13(10-12)16(17,18)19/h3-10,20H,2,11H2,1H3. The summed E-state index contributed by atoms with van der Waals surface area (Å²) in [5.74, 6) is 0.687. The maximum atomic E-state index is 12.7. The quantitative estimate of drug-likeness (QED) is 0.862. The van der Waals surface area contributed by atoms with E-state index >= 15 is 0 Å². The van der Waals surface area contributed by atoms with Gasteiger partial charge in [-0.2, -0.15) is 13.2 Å². The number of rotatable bonds is 5. The molecule has 5 heteroatoms. The number of anilines is 1. The van der Waals surface area contributed by atoms with Crippen molar-refractivity contribution in [2.45, 2.75) is 19.6 Å². The largest absolute Gasteiger partial charge is 0.492 e. The van der Waals surface area contributed by atoms with Crippen LogP contribution in [0.15, 0.2) is 48.5 Å². The SMILES string of the molecule is CCOc1ccccc1NCc1cccc(C(F)(F)F)c1. The monoisotopic (exact) mass is 295 g/mol. The van der Waals surface area contributed by atoms with Gasteiger partial charge in [0.25, 0.3) is 0 Å². The molecule has 21 heavy (non-hydrogen) atoms. The predicted octanol–water partition coefficient (Wildman–Crippen LogP) is 4.72. The van der Waals surface area contributed by atoms with Gasteiger partial charge in [-0.25, -0.2) is 0 Å². The minimum Gasteiger partial charge on any atom is -0.492 e. The molecule has 0 bridgehead atoms. The minimum atomic E-state index is -4.32. The number of nitrogens with one attached hydrogen (secondary N) is 1. The van der Waals surface area contributed by atoms with E-state index in [-0.39, 0.29) is 0 Å². The van der Waals surface area contributed by atoms with Gasteiger partial charge in [-0.05, 0) is 36.8 Å². The van der Waals surface area contributed by atoms with E-state index in [1.807, 2.05) is 31.2 Å². The Balaban J connectivity index is 2.10. The number of hydrogen-bond donors (Lipinski definition) is 1. The molecule has 0 aliphatic rings. The highest BCUT2D eigenvalue weighted by Crippen LogP contribution is 2.30. The molecule has 1 N–H and O–H groups in total. The number of ether oxygens (including phenoxy) is 1. The molecule has 2 rings (SSSR count). The highest BCUT2D eigenvalue weighted by Gasteiger charge is 2.30. The second-order valence-corrected chi connectivity index (χ2v) is 4.48. The Hall–Kier alpha value is -2.17. The van der Waals surface area contributed by atoms with E-state index in [0.29, 0.717) is 24.5 Å². The Morgan fingerprint density at radius 2 is 1.81 bits per heavy atom. The molecule has 0 radical (unpaired) electrons. The van der Waals surface area contributed by atoms with Crippen molar-refractivity contribution in [3.05, 3.63) is 59.7 Å². The fourth-order valence-electron chi connectivity index (χ4n) is 1.95. The summed E-state index contributed by atoms with van der Waals surface area (Å²) in [6.45, 7) is 2.71. The lowest BCUT2D eigenvalue weighted by molar-refractivity contribution is -0.137. The van der Waals surface area contributed by atoms with E-state index in [2.05, 4.69) is 5.32 Å². The Kier molecular flexibility index (Phi) is 4.73. The molecule has 0 fully saturated rings. The number of benzene rings is 2. The summed E-state index contributed by atoms with van der Waals surface area (Å²) in [6.07, 6.45) is -4.32. The van der Waals surface area contributed by atoms with E-state index in [4.69, 9.17) is 4.74 Å². The first-order chi connectivity index (χ1) is 10.0. The summed E-state index contributed by atoms with van der Waals surface area (Å²) >= 11 is 0. The molecule has 0 saturated heterocycles. The van der Waals surface area contributed by atoms with Crippen LogP contribution in [0.5, 0.6) is 5.75 Å². The van der Waals surface area contributed by atoms with Crippen LogP contribution in [0.4, 0.5) is 18.9 Å². The van der Waals surface area contributed by atoms with Crippen molar-refractivity contribution in [3.8, 4) is 5.75 Å². The van der Waals surface area contributed by atoms with Crippen LogP contribution in [0.2, 0.25) is 0 Å². The van der Waals surface area contributed by atoms with Crippen molar-refractivity contribution in [2.75, 3.05) is 11.9 Å². The molecule has 0 aliphatic carbocycles. The van der Waals surface area contributed by atoms with E-state index in [0.717, 1.165) is 17.8 Å². The summed E-state index contributed by atoms with van der Waals surface area (Å²) in [5, 5.41) is 3.10. The molecule has 2 aromatic carbocycles. The van der Waals surface area contributed by atoms with Crippen LogP contribution in [-0.4, -0.2) is 6.61 Å². The van der Waals surface area contributed by atoms with Crippen molar-refractivity contribution in [3.63, 3.8) is 0 Å². The lowest BCUT2D eigenvalue weighted by Crippen LogP contribution is -2.07. The first-order valence-corrected chi connectivity index (χ1v) is 6.62. The molecule has 2 nitrogen and oxygen atoms in total. The Bertz CT molecular complexity index is 596. The van der Waals surface area contributed by atoms with Crippen molar-refractivity contribution in [1.82, 2.24) is 0 Å². The molecule has 0 aromatic heterocycles. The zero-order valence-electron chi connectivity index (χ0n) is 11.6. The van der Waals surface area contributed by atoms with Gasteiger partial charge in [0.1, 0.15) is 5.75 Å². The van der Waals surface area contributed by atoms with Crippen molar-refractivity contribution in [2.24, 2.45) is 0 Å². The van der Waals surface area contributed by atoms with Crippen LogP contribution in [0.1, 0.15) is 18.1 Å². The zero-order valence-corrected chi connectivity index (χ0v) is 11.6. The maximum Gasteiger partial charge on any atom is 0.416 e. The van der Waals surface area contributed by atoms with Crippen LogP contribution in [0.25, 0.3) is 0 Å². The minimum absolute atomic E-state index is 0.300. The Labute approximate surface area is 121 Å². The predicted molar refractivity (Wildman–Crippen MR) is 76.4 cm³/mol. The van der Waals surface area contributed by atoms with Crippen LogP contribution in [-0.2, 0) is 12.7 Å². The number of para-hydroxylation sites is 2. The number of hydrogen-bond acceptors (Lipinski definition) is 2. The van der Waals surface area contributed by atoms with Crippen LogP contribution in [0.3, 0.4) is 0 Å². The number of halogens is 3. The van der Waals surface area contributed by atoms with E-state index < -0.39 is 11.7 Å². The average Bonchev–Trinajstić information content (AvgIpc) is 2.46. The van der Waals surface area contributed by atoms with Gasteiger partial charge in [0.15, 0.2) is 0 Å². The molecular weight excluding hydrogens is 279 g/mol. The van der Waals surface area contributed by atoms with E-state index in [9.17, 15) is 13.2 Å². The van der Waals surface area contributed by atoms with Crippen LogP contribution in [0, 0.1) is 0 Å². The van der Waals surface area contributed by atoms with Crippen molar-refractivity contribution < 1.29 is 17.9 Å². The molecule has 112 valence electrons. The highest BCUT2D eigenvalue weighted by molar-refractivity contribution is 5.56. The summed E-state index contributed by atoms with van der Waals surface area (Å²) in [6, 6.07) is 12.6. The summed E-state index contributed by atoms with van der Waals surface area (Å²) in [5.41, 5.74) is 0.688. The second kappa shape index (κ2) is 6.52. The van der Waals surface area contributed by atoms with Gasteiger partial charge < -0.3 is 10.1 Å². The lowest BCUT2D eigenvalue weighted by atomic mass is 10.1. The van der Waals surface area contributed by atoms with Gasteiger partial charge in [-0.3, -0.25) is 0 Å². The highest BCUT2D eigenvalue weighted by atomic mass is 19.4. The molecule has 0 unspecified atom stereocenters. The molecule has 0 heterocycles. The molecule has 0 spiro atoms. The molecule has 2 aromatic rings. The molecule has 0 aliphatic heterocycles.